The van der Waals surface area contributed by atoms with E-state index in [9.17, 15) is 9.59 Å². The lowest BCUT2D eigenvalue weighted by molar-refractivity contribution is -0.116. The van der Waals surface area contributed by atoms with Gasteiger partial charge in [0, 0.05) is 56.4 Å². The van der Waals surface area contributed by atoms with Crippen LogP contribution in [0.15, 0.2) is 18.2 Å². The first-order valence-electron chi connectivity index (χ1n) is 11.9. The van der Waals surface area contributed by atoms with Gasteiger partial charge in [-0.3, -0.25) is 14.5 Å². The molecule has 2 N–H and O–H groups in total. The number of hydrogen-bond donors (Lipinski definition) is 2. The van der Waals surface area contributed by atoms with Crippen LogP contribution in [0, 0.1) is 5.92 Å². The molecule has 8 heteroatoms. The molecule has 0 atom stereocenters. The summed E-state index contributed by atoms with van der Waals surface area (Å²) in [4.78, 5) is 29.9. The molecule has 3 rings (SSSR count). The number of morpholine rings is 1. The van der Waals surface area contributed by atoms with E-state index < -0.39 is 0 Å². The number of ether oxygens (including phenoxy) is 1. The Labute approximate surface area is 196 Å². The summed E-state index contributed by atoms with van der Waals surface area (Å²) in [7, 11) is 0. The molecule has 1 aromatic carbocycles. The van der Waals surface area contributed by atoms with E-state index in [4.69, 9.17) is 16.3 Å². The lowest BCUT2D eigenvalue weighted by Gasteiger charge is -2.33. The third kappa shape index (κ3) is 7.64. The first-order valence-corrected chi connectivity index (χ1v) is 12.4. The Morgan fingerprint density at radius 2 is 1.88 bits per heavy atom. The number of nitrogens with one attached hydrogen (secondary N) is 2. The Kier molecular flexibility index (Phi) is 10.1. The second-order valence-corrected chi connectivity index (χ2v) is 9.18. The van der Waals surface area contributed by atoms with Gasteiger partial charge in [0.1, 0.15) is 0 Å². The number of hydrogen-bond acceptors (Lipinski definition) is 5. The summed E-state index contributed by atoms with van der Waals surface area (Å²) in [5.41, 5.74) is 2.22. The second-order valence-electron chi connectivity index (χ2n) is 8.81. The Bertz CT molecular complexity index is 747. The monoisotopic (exact) mass is 464 g/mol. The summed E-state index contributed by atoms with van der Waals surface area (Å²) in [5, 5.41) is 5.99. The number of benzene rings is 1. The van der Waals surface area contributed by atoms with Crippen LogP contribution in [-0.2, 0) is 9.53 Å². The van der Waals surface area contributed by atoms with Gasteiger partial charge >= 0.3 is 0 Å². The Morgan fingerprint density at radius 1 is 1.12 bits per heavy atom. The maximum Gasteiger partial charge on any atom is 0.253 e. The largest absolute Gasteiger partial charge is 0.379 e. The molecule has 0 spiro atoms. The molecule has 0 unspecified atom stereocenters. The summed E-state index contributed by atoms with van der Waals surface area (Å²) in [5.74, 6) is 1.00. The molecule has 2 saturated heterocycles. The van der Waals surface area contributed by atoms with E-state index in [-0.39, 0.29) is 11.8 Å². The smallest absolute Gasteiger partial charge is 0.253 e. The molecule has 0 aliphatic carbocycles. The topological polar surface area (TPSA) is 73.9 Å². The average Bonchev–Trinajstić information content (AvgIpc) is 2.81. The molecular formula is C24H37ClN4O3. The van der Waals surface area contributed by atoms with E-state index in [1.807, 2.05) is 18.2 Å². The number of nitrogens with zero attached hydrogens (tertiary/aromatic N) is 2. The van der Waals surface area contributed by atoms with Gasteiger partial charge in [-0.1, -0.05) is 6.92 Å². The molecule has 0 radical (unpaired) electrons. The van der Waals surface area contributed by atoms with Crippen molar-refractivity contribution in [3.05, 3.63) is 23.8 Å². The van der Waals surface area contributed by atoms with Crippen LogP contribution >= 0.6 is 11.6 Å². The summed E-state index contributed by atoms with van der Waals surface area (Å²) >= 11 is 5.69. The van der Waals surface area contributed by atoms with Crippen molar-refractivity contribution in [1.29, 1.82) is 0 Å². The molecule has 2 aliphatic heterocycles. The van der Waals surface area contributed by atoms with Crippen LogP contribution in [0.1, 0.15) is 49.4 Å². The van der Waals surface area contributed by atoms with E-state index in [0.29, 0.717) is 42.4 Å². The van der Waals surface area contributed by atoms with Crippen molar-refractivity contribution in [2.45, 2.75) is 39.0 Å². The van der Waals surface area contributed by atoms with Gasteiger partial charge in [-0.25, -0.2) is 0 Å². The molecule has 178 valence electrons. The minimum absolute atomic E-state index is 0.0814. The van der Waals surface area contributed by atoms with Crippen molar-refractivity contribution < 1.29 is 14.3 Å². The normalized spacial score (nSPS) is 17.9. The SMILES string of the molecule is CC1CCN(c2ccc(NC(=O)CCCCl)cc2C(=O)NCCCN2CCOCC2)CC1. The van der Waals surface area contributed by atoms with Gasteiger partial charge in [0.25, 0.3) is 5.91 Å². The number of rotatable bonds is 10. The molecule has 2 heterocycles. The summed E-state index contributed by atoms with van der Waals surface area (Å²) in [6, 6.07) is 5.67. The number of alkyl halides is 1. The first kappa shape index (κ1) is 24.8. The molecule has 2 amide bonds. The maximum absolute atomic E-state index is 13.1. The van der Waals surface area contributed by atoms with Crippen molar-refractivity contribution in [1.82, 2.24) is 10.2 Å². The molecule has 2 fully saturated rings. The minimum atomic E-state index is -0.0857. The fourth-order valence-electron chi connectivity index (χ4n) is 4.20. The zero-order valence-electron chi connectivity index (χ0n) is 19.2. The van der Waals surface area contributed by atoms with Gasteiger partial charge < -0.3 is 20.3 Å². The van der Waals surface area contributed by atoms with Gasteiger partial charge in [0.05, 0.1) is 18.8 Å². The Hall–Kier alpha value is -1.83. The molecular weight excluding hydrogens is 428 g/mol. The molecule has 2 aliphatic rings. The van der Waals surface area contributed by atoms with Crippen LogP contribution in [0.25, 0.3) is 0 Å². The zero-order valence-corrected chi connectivity index (χ0v) is 20.0. The predicted octanol–water partition coefficient (Wildman–Crippen LogP) is 3.33. The van der Waals surface area contributed by atoms with Crippen LogP contribution in [0.5, 0.6) is 0 Å². The van der Waals surface area contributed by atoms with Crippen LogP contribution in [0.3, 0.4) is 0 Å². The predicted molar refractivity (Wildman–Crippen MR) is 130 cm³/mol. The maximum atomic E-state index is 13.1. The van der Waals surface area contributed by atoms with Gasteiger partial charge in [-0.2, -0.15) is 0 Å². The molecule has 1 aromatic rings. The van der Waals surface area contributed by atoms with Crippen molar-refractivity contribution in [3.8, 4) is 0 Å². The molecule has 7 nitrogen and oxygen atoms in total. The number of halogens is 1. The Balaban J connectivity index is 1.64. The van der Waals surface area contributed by atoms with E-state index in [0.717, 1.165) is 70.9 Å². The lowest BCUT2D eigenvalue weighted by atomic mass is 9.97. The summed E-state index contributed by atoms with van der Waals surface area (Å²) < 4.78 is 5.39. The van der Waals surface area contributed by atoms with Crippen LogP contribution in [0.4, 0.5) is 11.4 Å². The average molecular weight is 465 g/mol. The number of piperidine rings is 1. The van der Waals surface area contributed by atoms with E-state index in [1.165, 1.54) is 0 Å². The third-order valence-electron chi connectivity index (χ3n) is 6.23. The fourth-order valence-corrected chi connectivity index (χ4v) is 4.33. The van der Waals surface area contributed by atoms with Crippen LogP contribution in [0.2, 0.25) is 0 Å². The van der Waals surface area contributed by atoms with Crippen LogP contribution < -0.4 is 15.5 Å². The van der Waals surface area contributed by atoms with E-state index in [2.05, 4.69) is 27.4 Å². The molecule has 0 aromatic heterocycles. The molecule has 32 heavy (non-hydrogen) atoms. The van der Waals surface area contributed by atoms with Gasteiger partial charge in [0.15, 0.2) is 0 Å². The number of amides is 2. The number of anilines is 2. The highest BCUT2D eigenvalue weighted by Gasteiger charge is 2.22. The van der Waals surface area contributed by atoms with Crippen molar-refractivity contribution in [2.75, 3.05) is 68.6 Å². The number of carbonyl (C=O) groups excluding carboxylic acids is 2. The van der Waals surface area contributed by atoms with Gasteiger partial charge in [0.2, 0.25) is 5.91 Å². The minimum Gasteiger partial charge on any atom is -0.379 e. The summed E-state index contributed by atoms with van der Waals surface area (Å²) in [6.07, 6.45) is 4.15. The number of carbonyl (C=O) groups is 2. The Morgan fingerprint density at radius 3 is 2.59 bits per heavy atom. The van der Waals surface area contributed by atoms with Crippen molar-refractivity contribution in [2.24, 2.45) is 5.92 Å². The van der Waals surface area contributed by atoms with Crippen molar-refractivity contribution in [3.63, 3.8) is 0 Å². The van der Waals surface area contributed by atoms with Gasteiger partial charge in [-0.05, 0) is 56.3 Å². The van der Waals surface area contributed by atoms with E-state index in [1.54, 1.807) is 0 Å². The van der Waals surface area contributed by atoms with Crippen molar-refractivity contribution >= 4 is 34.8 Å². The standard InChI is InChI=1S/C24H37ClN4O3/c1-19-7-12-29(13-8-19)22-6-5-20(27-23(30)4-2-9-25)18-21(22)24(31)26-10-3-11-28-14-16-32-17-15-28/h5-6,18-19H,2-4,7-17H2,1H3,(H,26,31)(H,27,30). The molecule has 0 saturated carbocycles. The van der Waals surface area contributed by atoms with Gasteiger partial charge in [-0.15, -0.1) is 11.6 Å². The summed E-state index contributed by atoms with van der Waals surface area (Å²) in [6.45, 7) is 9.23. The second kappa shape index (κ2) is 13.0. The molecule has 0 bridgehead atoms. The quantitative estimate of drug-likeness (QED) is 0.410. The highest BCUT2D eigenvalue weighted by molar-refractivity contribution is 6.18. The zero-order chi connectivity index (χ0) is 22.8. The lowest BCUT2D eigenvalue weighted by Crippen LogP contribution is -2.38. The highest BCUT2D eigenvalue weighted by atomic mass is 35.5. The van der Waals surface area contributed by atoms with E-state index >= 15 is 0 Å². The third-order valence-corrected chi connectivity index (χ3v) is 6.49. The fraction of sp³-hybridized carbons (Fsp3) is 0.667. The van der Waals surface area contributed by atoms with Crippen LogP contribution in [-0.4, -0.2) is 75.1 Å². The first-order chi connectivity index (χ1) is 15.6. The highest BCUT2D eigenvalue weighted by Crippen LogP contribution is 2.29.